The Morgan fingerprint density at radius 3 is 2.40 bits per heavy atom. The zero-order valence-corrected chi connectivity index (χ0v) is 25.3. The number of rotatable bonds is 6. The van der Waals surface area contributed by atoms with Crippen molar-refractivity contribution >= 4 is 17.5 Å². The monoisotopic (exact) mass is 594 g/mol. The predicted molar refractivity (Wildman–Crippen MR) is 158 cm³/mol. The third kappa shape index (κ3) is 4.18. The number of aliphatic hydroxyl groups is 3. The number of hydrogen-bond donors (Lipinski definition) is 6. The Morgan fingerprint density at radius 1 is 1.14 bits per heavy atom. The summed E-state index contributed by atoms with van der Waals surface area (Å²) in [5, 5.41) is 46.5. The van der Waals surface area contributed by atoms with Crippen molar-refractivity contribution in [2.75, 3.05) is 6.61 Å². The highest BCUT2D eigenvalue weighted by molar-refractivity contribution is 6.09. The molecule has 0 saturated heterocycles. The van der Waals surface area contributed by atoms with Gasteiger partial charge in [-0.25, -0.2) is 0 Å². The summed E-state index contributed by atoms with van der Waals surface area (Å²) in [5.74, 6) is -6.56. The number of carbonyl (C=O) groups excluding carboxylic acids is 3. The van der Waals surface area contributed by atoms with Gasteiger partial charge in [-0.2, -0.15) is 0 Å². The summed E-state index contributed by atoms with van der Waals surface area (Å²) in [6.45, 7) is 9.67. The Labute approximate surface area is 251 Å². The van der Waals surface area contributed by atoms with Gasteiger partial charge in [-0.3, -0.25) is 14.4 Å². The topological polar surface area (TPSA) is 193 Å². The van der Waals surface area contributed by atoms with Crippen molar-refractivity contribution < 1.29 is 39.5 Å². The summed E-state index contributed by atoms with van der Waals surface area (Å²) in [6, 6.07) is 8.72. The van der Waals surface area contributed by atoms with Crippen molar-refractivity contribution in [3.63, 3.8) is 0 Å². The quantitative estimate of drug-likeness (QED) is 0.272. The van der Waals surface area contributed by atoms with Crippen LogP contribution >= 0.6 is 0 Å². The fourth-order valence-corrected chi connectivity index (χ4v) is 9.01. The van der Waals surface area contributed by atoms with Crippen molar-refractivity contribution in [3.8, 4) is 22.6 Å². The first kappa shape index (κ1) is 31.1. The van der Waals surface area contributed by atoms with E-state index in [1.165, 1.54) is 6.07 Å². The second-order valence-electron chi connectivity index (χ2n) is 13.4. The van der Waals surface area contributed by atoms with E-state index in [1.54, 1.807) is 13.0 Å². The number of Topliss-reactive ketones (excluding diaryl/α,β-unsaturated/α-hetero) is 2. The Kier molecular flexibility index (Phi) is 7.53. The molecule has 5 rings (SSSR count). The molecule has 3 aliphatic carbocycles. The van der Waals surface area contributed by atoms with Crippen LogP contribution in [0.5, 0.6) is 11.5 Å². The van der Waals surface area contributed by atoms with E-state index in [1.807, 2.05) is 45.9 Å². The molecule has 232 valence electrons. The fourth-order valence-electron chi connectivity index (χ4n) is 9.01. The van der Waals surface area contributed by atoms with Gasteiger partial charge in [0.1, 0.15) is 23.5 Å². The molecule has 2 aromatic carbocycles. The first-order chi connectivity index (χ1) is 20.1. The zero-order valence-electron chi connectivity index (χ0n) is 25.3. The average molecular weight is 595 g/mol. The number of benzene rings is 2. The molecule has 1 amide bonds. The number of ketones is 2. The number of aliphatic hydroxyl groups excluding tert-OH is 2. The molecule has 0 bridgehead atoms. The van der Waals surface area contributed by atoms with Crippen LogP contribution in [0.2, 0.25) is 0 Å². The van der Waals surface area contributed by atoms with Crippen LogP contribution in [0.3, 0.4) is 0 Å². The number of aromatic hydroxyl groups is 1. The van der Waals surface area contributed by atoms with Gasteiger partial charge >= 0.3 is 0 Å². The van der Waals surface area contributed by atoms with Gasteiger partial charge in [0.15, 0.2) is 17.2 Å². The molecule has 2 fully saturated rings. The summed E-state index contributed by atoms with van der Waals surface area (Å²) in [7, 11) is 0. The molecule has 10 nitrogen and oxygen atoms in total. The molecule has 2 saturated carbocycles. The molecule has 2 aromatic rings. The largest absolute Gasteiger partial charge is 0.507 e. The first-order valence-corrected chi connectivity index (χ1v) is 14.9. The maximum atomic E-state index is 14.3. The minimum absolute atomic E-state index is 0.0181. The molecular weight excluding hydrogens is 552 g/mol. The second kappa shape index (κ2) is 10.4. The van der Waals surface area contributed by atoms with Crippen molar-refractivity contribution in [1.29, 1.82) is 0 Å². The number of nitrogens with two attached hydrogens (primary N) is 2. The molecule has 8 atom stereocenters. The minimum atomic E-state index is -2.55. The van der Waals surface area contributed by atoms with Gasteiger partial charge in [0.05, 0.1) is 24.2 Å². The highest BCUT2D eigenvalue weighted by atomic mass is 16.5. The van der Waals surface area contributed by atoms with Gasteiger partial charge in [0, 0.05) is 17.5 Å². The molecule has 0 spiro atoms. The van der Waals surface area contributed by atoms with Crippen LogP contribution in [0.1, 0.15) is 62.5 Å². The predicted octanol–water partition coefficient (Wildman–Crippen LogP) is 2.10. The molecule has 0 aromatic heterocycles. The summed E-state index contributed by atoms with van der Waals surface area (Å²) in [5.41, 5.74) is 9.42. The number of carbonyl (C=O) groups is 3. The molecule has 43 heavy (non-hydrogen) atoms. The van der Waals surface area contributed by atoms with Gasteiger partial charge in [-0.05, 0) is 71.9 Å². The number of amides is 1. The Bertz CT molecular complexity index is 1510. The standard InChI is InChI=1S/C33H42N2O8/c1-6-43-21-10-7-16(11-17(21)13-34)18-8-9-20(36)22-19(18)12-31(4)14-32(5)24(15(2)3)27(38)23(30(35)41)28(39)33(32,42)29(40)25(31)26(22)37/h7-11,15,23-25,27,29,36,38,40,42H,6,12-14,34H2,1-5H3,(H2,35,41)/t23-,24+,25-,27?,29?,31-,32-,33+/m1/s1. The van der Waals surface area contributed by atoms with E-state index in [2.05, 4.69) is 0 Å². The van der Waals surface area contributed by atoms with Crippen molar-refractivity contribution in [3.05, 3.63) is 47.0 Å². The molecule has 8 N–H and O–H groups in total. The Hall–Kier alpha value is -3.31. The van der Waals surface area contributed by atoms with Crippen LogP contribution in [-0.4, -0.2) is 62.3 Å². The maximum Gasteiger partial charge on any atom is 0.230 e. The SMILES string of the molecule is CCOc1ccc(-c2ccc(O)c3c2C[C@]2(C)C[C@]4(C)[C@@H](C(C)C)C(O)[C@@H](C(N)=O)C(=O)[C@]4(O)C(O)[C@H]2C3=O)cc1CN. The summed E-state index contributed by atoms with van der Waals surface area (Å²) in [4.78, 5) is 40.6. The van der Waals surface area contributed by atoms with E-state index in [-0.39, 0.29) is 36.6 Å². The lowest BCUT2D eigenvalue weighted by Gasteiger charge is -2.66. The number of primary amides is 1. The molecule has 2 unspecified atom stereocenters. The lowest BCUT2D eigenvalue weighted by atomic mass is 9.39. The van der Waals surface area contributed by atoms with E-state index in [0.717, 1.165) is 11.1 Å². The summed E-state index contributed by atoms with van der Waals surface area (Å²) >= 11 is 0. The zero-order chi connectivity index (χ0) is 31.8. The van der Waals surface area contributed by atoms with Crippen LogP contribution < -0.4 is 16.2 Å². The normalized spacial score (nSPS) is 35.3. The molecule has 0 aliphatic heterocycles. The van der Waals surface area contributed by atoms with Gasteiger partial charge < -0.3 is 36.6 Å². The Balaban J connectivity index is 1.70. The summed E-state index contributed by atoms with van der Waals surface area (Å²) in [6.07, 6.45) is -3.10. The van der Waals surface area contributed by atoms with Gasteiger partial charge in [-0.15, -0.1) is 0 Å². The Morgan fingerprint density at radius 2 is 1.81 bits per heavy atom. The van der Waals surface area contributed by atoms with E-state index in [0.29, 0.717) is 23.5 Å². The van der Waals surface area contributed by atoms with E-state index >= 15 is 0 Å². The number of ether oxygens (including phenoxy) is 1. The number of hydrogen-bond acceptors (Lipinski definition) is 9. The van der Waals surface area contributed by atoms with Crippen molar-refractivity contribution in [2.24, 2.45) is 46.0 Å². The highest BCUT2D eigenvalue weighted by Gasteiger charge is 2.75. The number of phenols is 1. The number of phenolic OH excluding ortho intramolecular Hbond substituents is 1. The highest BCUT2D eigenvalue weighted by Crippen LogP contribution is 2.66. The average Bonchev–Trinajstić information content (AvgIpc) is 2.91. The van der Waals surface area contributed by atoms with E-state index in [4.69, 9.17) is 16.2 Å². The van der Waals surface area contributed by atoms with Crippen LogP contribution in [-0.2, 0) is 22.6 Å². The molecule has 3 aliphatic rings. The van der Waals surface area contributed by atoms with Crippen LogP contribution in [0.4, 0.5) is 0 Å². The third-order valence-electron chi connectivity index (χ3n) is 10.6. The molecular formula is C33H42N2O8. The van der Waals surface area contributed by atoms with Crippen LogP contribution in [0, 0.1) is 34.5 Å². The van der Waals surface area contributed by atoms with Gasteiger partial charge in [0.2, 0.25) is 5.91 Å². The van der Waals surface area contributed by atoms with Gasteiger partial charge in [0.25, 0.3) is 0 Å². The molecule has 0 heterocycles. The van der Waals surface area contributed by atoms with E-state index in [9.17, 15) is 34.8 Å². The van der Waals surface area contributed by atoms with Crippen LogP contribution in [0.25, 0.3) is 11.1 Å². The minimum Gasteiger partial charge on any atom is -0.507 e. The summed E-state index contributed by atoms with van der Waals surface area (Å²) < 4.78 is 5.70. The smallest absolute Gasteiger partial charge is 0.230 e. The first-order valence-electron chi connectivity index (χ1n) is 14.9. The van der Waals surface area contributed by atoms with Crippen LogP contribution in [0.15, 0.2) is 30.3 Å². The lowest BCUT2D eigenvalue weighted by molar-refractivity contribution is -0.265. The van der Waals surface area contributed by atoms with Gasteiger partial charge in [-0.1, -0.05) is 39.8 Å². The fraction of sp³-hybridized carbons (Fsp3) is 0.545. The van der Waals surface area contributed by atoms with Crippen molar-refractivity contribution in [2.45, 2.75) is 71.8 Å². The maximum absolute atomic E-state index is 14.3. The number of fused-ring (bicyclic) bond motifs is 3. The second-order valence-corrected chi connectivity index (χ2v) is 13.4. The van der Waals surface area contributed by atoms with Crippen molar-refractivity contribution in [1.82, 2.24) is 0 Å². The molecule has 10 heteroatoms. The third-order valence-corrected chi connectivity index (χ3v) is 10.6. The van der Waals surface area contributed by atoms with E-state index < -0.39 is 63.9 Å². The molecule has 0 radical (unpaired) electrons. The lowest BCUT2D eigenvalue weighted by Crippen LogP contribution is -2.79.